The van der Waals surface area contributed by atoms with Gasteiger partial charge in [-0.2, -0.15) is 13.2 Å². The Hall–Kier alpha value is -2.25. The molecule has 2 rings (SSSR count). The van der Waals surface area contributed by atoms with E-state index in [4.69, 9.17) is 4.74 Å². The Morgan fingerprint density at radius 2 is 1.60 bits per heavy atom. The maximum absolute atomic E-state index is 12.5. The van der Waals surface area contributed by atoms with Crippen LogP contribution in [0.15, 0.2) is 24.3 Å². The van der Waals surface area contributed by atoms with Crippen LogP contribution < -0.4 is 0 Å². The van der Waals surface area contributed by atoms with E-state index in [9.17, 15) is 22.8 Å². The molecular weight excluding hydrogens is 337 g/mol. The molecule has 0 spiro atoms. The Kier molecular flexibility index (Phi) is 6.27. The van der Waals surface area contributed by atoms with Crippen molar-refractivity contribution in [1.29, 1.82) is 0 Å². The molecular formula is C17H20F3N2O3. The Balaban J connectivity index is 1.78. The average Bonchev–Trinajstić information content (AvgIpc) is 2.59. The van der Waals surface area contributed by atoms with E-state index in [-0.39, 0.29) is 12.5 Å². The summed E-state index contributed by atoms with van der Waals surface area (Å²) in [6.07, 6.45) is -4.00. The van der Waals surface area contributed by atoms with Gasteiger partial charge in [-0.25, -0.2) is 4.79 Å². The number of nitrogens with zero attached hydrogens (tertiary/aromatic N) is 2. The highest BCUT2D eigenvalue weighted by molar-refractivity contribution is 5.76. The smallest absolute Gasteiger partial charge is 0.416 e. The Labute approximate surface area is 144 Å². The van der Waals surface area contributed by atoms with Crippen LogP contribution in [0, 0.1) is 6.92 Å². The van der Waals surface area contributed by atoms with E-state index < -0.39 is 17.8 Å². The number of hydrogen-bond donors (Lipinski definition) is 0. The summed E-state index contributed by atoms with van der Waals surface area (Å²) in [4.78, 5) is 26.9. The maximum Gasteiger partial charge on any atom is 0.416 e. The topological polar surface area (TPSA) is 49.9 Å². The SMILES string of the molecule is [CH2]CCC(=O)N1CCN(C(=O)OCc2ccc(C(F)(F)F)cc2)CC1. The molecule has 137 valence electrons. The predicted octanol–water partition coefficient (Wildman–Crippen LogP) is 3.10. The first-order chi connectivity index (χ1) is 11.8. The van der Waals surface area contributed by atoms with Crippen molar-refractivity contribution < 1.29 is 27.5 Å². The van der Waals surface area contributed by atoms with Crippen LogP contribution in [0.3, 0.4) is 0 Å². The molecule has 1 radical (unpaired) electrons. The van der Waals surface area contributed by atoms with Crippen molar-refractivity contribution in [2.24, 2.45) is 0 Å². The van der Waals surface area contributed by atoms with E-state index in [0.29, 0.717) is 44.6 Å². The second-order valence-corrected chi connectivity index (χ2v) is 5.72. The molecule has 1 fully saturated rings. The summed E-state index contributed by atoms with van der Waals surface area (Å²) in [7, 11) is 0. The molecule has 1 saturated heterocycles. The van der Waals surface area contributed by atoms with Gasteiger partial charge >= 0.3 is 12.3 Å². The molecule has 1 aliphatic heterocycles. The zero-order valence-corrected chi connectivity index (χ0v) is 13.7. The van der Waals surface area contributed by atoms with Gasteiger partial charge in [-0.1, -0.05) is 19.1 Å². The lowest BCUT2D eigenvalue weighted by atomic mass is 10.1. The molecule has 1 aliphatic rings. The van der Waals surface area contributed by atoms with Crippen LogP contribution in [-0.4, -0.2) is 48.0 Å². The quantitative estimate of drug-likeness (QED) is 0.832. The number of rotatable bonds is 4. The highest BCUT2D eigenvalue weighted by atomic mass is 19.4. The average molecular weight is 357 g/mol. The fourth-order valence-electron chi connectivity index (χ4n) is 2.47. The van der Waals surface area contributed by atoms with Crippen LogP contribution in [0.25, 0.3) is 0 Å². The molecule has 1 heterocycles. The van der Waals surface area contributed by atoms with E-state index in [1.807, 2.05) is 0 Å². The molecule has 8 heteroatoms. The standard InChI is InChI=1S/C17H20F3N2O3/c1-2-3-15(23)21-8-10-22(11-9-21)16(24)25-12-13-4-6-14(7-5-13)17(18,19)20/h4-7H,1-3,8-12H2. The normalized spacial score (nSPS) is 15.2. The summed E-state index contributed by atoms with van der Waals surface area (Å²) in [6, 6.07) is 4.48. The van der Waals surface area contributed by atoms with E-state index in [2.05, 4.69) is 6.92 Å². The van der Waals surface area contributed by atoms with Gasteiger partial charge in [0.15, 0.2) is 0 Å². The highest BCUT2D eigenvalue weighted by Crippen LogP contribution is 2.29. The Morgan fingerprint density at radius 3 is 2.12 bits per heavy atom. The molecule has 0 N–H and O–H groups in total. The fourth-order valence-corrected chi connectivity index (χ4v) is 2.47. The second kappa shape index (κ2) is 8.22. The minimum Gasteiger partial charge on any atom is -0.445 e. The number of benzene rings is 1. The van der Waals surface area contributed by atoms with E-state index >= 15 is 0 Å². The zero-order chi connectivity index (χ0) is 18.4. The lowest BCUT2D eigenvalue weighted by Crippen LogP contribution is -2.50. The number of piperazine rings is 1. The summed E-state index contributed by atoms with van der Waals surface area (Å²) in [5, 5.41) is 0. The number of alkyl halides is 3. The van der Waals surface area contributed by atoms with Crippen LogP contribution in [0.1, 0.15) is 24.0 Å². The fraction of sp³-hybridized carbons (Fsp3) is 0.471. The maximum atomic E-state index is 12.5. The van der Waals surface area contributed by atoms with Crippen molar-refractivity contribution in [2.45, 2.75) is 25.6 Å². The van der Waals surface area contributed by atoms with Gasteiger partial charge in [0.2, 0.25) is 5.91 Å². The Morgan fingerprint density at radius 1 is 1.04 bits per heavy atom. The van der Waals surface area contributed by atoms with Gasteiger partial charge in [0.1, 0.15) is 6.61 Å². The molecule has 2 amide bonds. The number of ether oxygens (including phenoxy) is 1. The van der Waals surface area contributed by atoms with E-state index in [1.54, 1.807) is 4.90 Å². The molecule has 0 atom stereocenters. The zero-order valence-electron chi connectivity index (χ0n) is 13.7. The van der Waals surface area contributed by atoms with E-state index in [1.165, 1.54) is 17.0 Å². The molecule has 0 aliphatic carbocycles. The molecule has 25 heavy (non-hydrogen) atoms. The van der Waals surface area contributed by atoms with Gasteiger partial charge in [0.05, 0.1) is 5.56 Å². The van der Waals surface area contributed by atoms with Gasteiger partial charge in [0.25, 0.3) is 0 Å². The first kappa shape index (κ1) is 19.1. The monoisotopic (exact) mass is 357 g/mol. The Bertz CT molecular complexity index is 594. The first-order valence-corrected chi connectivity index (χ1v) is 7.96. The number of carbonyl (C=O) groups excluding carboxylic acids is 2. The van der Waals surface area contributed by atoms with Crippen molar-refractivity contribution in [2.75, 3.05) is 26.2 Å². The van der Waals surface area contributed by atoms with Crippen molar-refractivity contribution in [3.63, 3.8) is 0 Å². The van der Waals surface area contributed by atoms with Crippen molar-refractivity contribution in [1.82, 2.24) is 9.80 Å². The molecule has 1 aromatic rings. The summed E-state index contributed by atoms with van der Waals surface area (Å²) < 4.78 is 42.6. The van der Waals surface area contributed by atoms with Crippen LogP contribution >= 0.6 is 0 Å². The number of hydrogen-bond acceptors (Lipinski definition) is 3. The number of halogens is 3. The van der Waals surface area contributed by atoms with Crippen LogP contribution in [0.2, 0.25) is 0 Å². The molecule has 1 aromatic carbocycles. The van der Waals surface area contributed by atoms with Crippen molar-refractivity contribution in [3.8, 4) is 0 Å². The minimum absolute atomic E-state index is 0.0211. The van der Waals surface area contributed by atoms with Gasteiger partial charge < -0.3 is 14.5 Å². The van der Waals surface area contributed by atoms with Gasteiger partial charge in [-0.3, -0.25) is 4.79 Å². The molecule has 0 unspecified atom stereocenters. The van der Waals surface area contributed by atoms with E-state index in [0.717, 1.165) is 12.1 Å². The number of carbonyl (C=O) groups is 2. The summed E-state index contributed by atoms with van der Waals surface area (Å²) in [6.45, 7) is 5.16. The van der Waals surface area contributed by atoms with Gasteiger partial charge in [0, 0.05) is 32.6 Å². The predicted molar refractivity (Wildman–Crippen MR) is 84.4 cm³/mol. The summed E-state index contributed by atoms with van der Waals surface area (Å²) in [5.41, 5.74) is -0.267. The minimum atomic E-state index is -4.39. The third-order valence-electron chi connectivity index (χ3n) is 3.92. The summed E-state index contributed by atoms with van der Waals surface area (Å²) in [5.74, 6) is 0.0211. The second-order valence-electron chi connectivity index (χ2n) is 5.72. The van der Waals surface area contributed by atoms with Crippen molar-refractivity contribution in [3.05, 3.63) is 42.3 Å². The molecule has 0 bridgehead atoms. The lowest BCUT2D eigenvalue weighted by Gasteiger charge is -2.34. The van der Waals surface area contributed by atoms with Gasteiger partial charge in [-0.05, 0) is 24.1 Å². The number of amides is 2. The highest BCUT2D eigenvalue weighted by Gasteiger charge is 2.30. The van der Waals surface area contributed by atoms with Crippen LogP contribution in [0.5, 0.6) is 0 Å². The third kappa shape index (κ3) is 5.37. The first-order valence-electron chi connectivity index (χ1n) is 7.96. The molecule has 0 saturated carbocycles. The summed E-state index contributed by atoms with van der Waals surface area (Å²) >= 11 is 0. The van der Waals surface area contributed by atoms with Gasteiger partial charge in [-0.15, -0.1) is 0 Å². The van der Waals surface area contributed by atoms with Crippen LogP contribution in [0.4, 0.5) is 18.0 Å². The molecule has 5 nitrogen and oxygen atoms in total. The molecule has 0 aromatic heterocycles. The van der Waals surface area contributed by atoms with Crippen molar-refractivity contribution >= 4 is 12.0 Å². The lowest BCUT2D eigenvalue weighted by molar-refractivity contribution is -0.137. The largest absolute Gasteiger partial charge is 0.445 e. The third-order valence-corrected chi connectivity index (χ3v) is 3.92. The van der Waals surface area contributed by atoms with Crippen LogP contribution in [-0.2, 0) is 22.3 Å².